The van der Waals surface area contributed by atoms with Crippen LogP contribution in [0.2, 0.25) is 0 Å². The van der Waals surface area contributed by atoms with Gasteiger partial charge in [-0.05, 0) is 25.1 Å². The van der Waals surface area contributed by atoms with E-state index in [0.29, 0.717) is 12.0 Å². The van der Waals surface area contributed by atoms with Crippen LogP contribution in [0.5, 0.6) is 5.75 Å². The number of likely N-dealkylation sites (N-methyl/N-ethyl adjacent to an activating group) is 1. The van der Waals surface area contributed by atoms with Crippen molar-refractivity contribution < 1.29 is 9.13 Å². The average molecular weight is 266 g/mol. The number of hydrogen-bond donors (Lipinski definition) is 1. The van der Waals surface area contributed by atoms with Gasteiger partial charge in [0.1, 0.15) is 0 Å². The topological polar surface area (TPSA) is 34.1 Å². The number of benzene rings is 1. The number of nitrogens with zero attached hydrogens (tertiary/aromatic N) is 1. The number of ether oxygens (including phenoxy) is 1. The number of nitrogens with one attached hydrogen (secondary N) is 1. The number of thiazole rings is 1. The summed E-state index contributed by atoms with van der Waals surface area (Å²) < 4.78 is 19.0. The number of aromatic nitrogens is 1. The summed E-state index contributed by atoms with van der Waals surface area (Å²) in [5, 5.41) is 3.18. The zero-order valence-corrected chi connectivity index (χ0v) is 11.1. The van der Waals surface area contributed by atoms with E-state index in [2.05, 4.69) is 10.3 Å². The average Bonchev–Trinajstić information content (AvgIpc) is 2.91. The maximum Gasteiger partial charge on any atom is 0.168 e. The van der Waals surface area contributed by atoms with Crippen molar-refractivity contribution in [3.63, 3.8) is 0 Å². The standard InChI is InChI=1S/C13H15FN2OS/c1-15-10(12-7-16-8-18-12)6-9-4-3-5-11(17-2)13(9)14/h3-5,7-8,10,15H,6H2,1-2H3. The van der Waals surface area contributed by atoms with Gasteiger partial charge in [0.05, 0.1) is 12.6 Å². The normalized spacial score (nSPS) is 12.4. The molecule has 0 bridgehead atoms. The maximum atomic E-state index is 14.0. The second-order valence-corrected chi connectivity index (χ2v) is 4.80. The Labute approximate surface area is 110 Å². The van der Waals surface area contributed by atoms with Gasteiger partial charge >= 0.3 is 0 Å². The highest BCUT2D eigenvalue weighted by Crippen LogP contribution is 2.26. The molecule has 2 aromatic rings. The molecule has 2 rings (SSSR count). The zero-order valence-electron chi connectivity index (χ0n) is 10.3. The van der Waals surface area contributed by atoms with E-state index < -0.39 is 0 Å². The summed E-state index contributed by atoms with van der Waals surface area (Å²) in [6.07, 6.45) is 2.38. The maximum absolute atomic E-state index is 14.0. The van der Waals surface area contributed by atoms with Crippen LogP contribution in [0.4, 0.5) is 4.39 Å². The minimum atomic E-state index is -0.287. The first-order chi connectivity index (χ1) is 8.76. The Morgan fingerprint density at radius 3 is 2.94 bits per heavy atom. The highest BCUT2D eigenvalue weighted by Gasteiger charge is 2.16. The lowest BCUT2D eigenvalue weighted by atomic mass is 10.0. The zero-order chi connectivity index (χ0) is 13.0. The molecule has 0 radical (unpaired) electrons. The van der Waals surface area contributed by atoms with Crippen molar-refractivity contribution in [2.45, 2.75) is 12.5 Å². The Hall–Kier alpha value is -1.46. The van der Waals surface area contributed by atoms with Gasteiger partial charge in [-0.3, -0.25) is 4.98 Å². The van der Waals surface area contributed by atoms with Gasteiger partial charge in [0.25, 0.3) is 0 Å². The first-order valence-corrected chi connectivity index (χ1v) is 6.51. The lowest BCUT2D eigenvalue weighted by molar-refractivity contribution is 0.383. The first kappa shape index (κ1) is 13.0. The van der Waals surface area contributed by atoms with Gasteiger partial charge in [-0.15, -0.1) is 11.3 Å². The van der Waals surface area contributed by atoms with Crippen LogP contribution in [-0.4, -0.2) is 19.1 Å². The Kier molecular flexibility index (Phi) is 4.28. The molecular weight excluding hydrogens is 251 g/mol. The van der Waals surface area contributed by atoms with Crippen molar-refractivity contribution in [2.75, 3.05) is 14.2 Å². The van der Waals surface area contributed by atoms with Crippen molar-refractivity contribution >= 4 is 11.3 Å². The van der Waals surface area contributed by atoms with Crippen LogP contribution in [0, 0.1) is 5.82 Å². The molecule has 0 fully saturated rings. The fourth-order valence-corrected chi connectivity index (χ4v) is 2.56. The van der Waals surface area contributed by atoms with Crippen molar-refractivity contribution in [3.8, 4) is 5.75 Å². The molecule has 0 aliphatic heterocycles. The third kappa shape index (κ3) is 2.68. The van der Waals surface area contributed by atoms with Gasteiger partial charge in [-0.1, -0.05) is 12.1 Å². The van der Waals surface area contributed by atoms with E-state index in [-0.39, 0.29) is 17.6 Å². The molecule has 1 unspecified atom stereocenters. The van der Waals surface area contributed by atoms with E-state index in [9.17, 15) is 4.39 Å². The lowest BCUT2D eigenvalue weighted by Gasteiger charge is -2.15. The van der Waals surface area contributed by atoms with Crippen molar-refractivity contribution in [1.29, 1.82) is 0 Å². The molecule has 1 aromatic carbocycles. The van der Waals surface area contributed by atoms with Gasteiger partial charge in [0.15, 0.2) is 11.6 Å². The van der Waals surface area contributed by atoms with Crippen LogP contribution in [0.3, 0.4) is 0 Å². The number of rotatable bonds is 5. The molecule has 18 heavy (non-hydrogen) atoms. The molecule has 1 N–H and O–H groups in total. The number of hydrogen-bond acceptors (Lipinski definition) is 4. The molecule has 1 aromatic heterocycles. The van der Waals surface area contributed by atoms with Crippen LogP contribution in [-0.2, 0) is 6.42 Å². The minimum Gasteiger partial charge on any atom is -0.494 e. The van der Waals surface area contributed by atoms with Crippen molar-refractivity contribution in [2.24, 2.45) is 0 Å². The van der Waals surface area contributed by atoms with E-state index in [0.717, 1.165) is 4.88 Å². The van der Waals surface area contributed by atoms with Gasteiger partial charge in [0, 0.05) is 17.1 Å². The van der Waals surface area contributed by atoms with Crippen LogP contribution in [0.1, 0.15) is 16.5 Å². The van der Waals surface area contributed by atoms with Gasteiger partial charge < -0.3 is 10.1 Å². The number of halogens is 1. The minimum absolute atomic E-state index is 0.0686. The lowest BCUT2D eigenvalue weighted by Crippen LogP contribution is -2.18. The summed E-state index contributed by atoms with van der Waals surface area (Å²) in [5.41, 5.74) is 2.42. The van der Waals surface area contributed by atoms with Crippen LogP contribution in [0.25, 0.3) is 0 Å². The molecule has 1 heterocycles. The van der Waals surface area contributed by atoms with Crippen LogP contribution >= 0.6 is 11.3 Å². The molecule has 5 heteroatoms. The van der Waals surface area contributed by atoms with E-state index in [1.807, 2.05) is 13.2 Å². The Morgan fingerprint density at radius 1 is 1.50 bits per heavy atom. The highest BCUT2D eigenvalue weighted by atomic mass is 32.1. The molecule has 0 saturated heterocycles. The summed E-state index contributed by atoms with van der Waals surface area (Å²) in [4.78, 5) is 5.15. The molecule has 0 saturated carbocycles. The second kappa shape index (κ2) is 5.93. The van der Waals surface area contributed by atoms with E-state index in [1.54, 1.807) is 35.0 Å². The fourth-order valence-electron chi connectivity index (χ4n) is 1.83. The summed E-state index contributed by atoms with van der Waals surface area (Å²) in [5.74, 6) is -0.00331. The summed E-state index contributed by atoms with van der Waals surface area (Å²) in [6, 6.07) is 5.28. The SMILES string of the molecule is CNC(Cc1cccc(OC)c1F)c1cncs1. The Morgan fingerprint density at radius 2 is 2.33 bits per heavy atom. The fraction of sp³-hybridized carbons (Fsp3) is 0.308. The molecule has 0 aliphatic carbocycles. The third-order valence-corrected chi connectivity index (χ3v) is 3.72. The summed E-state index contributed by atoms with van der Waals surface area (Å²) in [7, 11) is 3.34. The van der Waals surface area contributed by atoms with E-state index >= 15 is 0 Å². The monoisotopic (exact) mass is 266 g/mol. The smallest absolute Gasteiger partial charge is 0.168 e. The summed E-state index contributed by atoms with van der Waals surface area (Å²) in [6.45, 7) is 0. The quantitative estimate of drug-likeness (QED) is 0.903. The molecular formula is C13H15FN2OS. The molecule has 1 atom stereocenters. The predicted molar refractivity (Wildman–Crippen MR) is 70.6 cm³/mol. The van der Waals surface area contributed by atoms with E-state index in [1.165, 1.54) is 7.11 Å². The van der Waals surface area contributed by atoms with Gasteiger partial charge in [-0.25, -0.2) is 4.39 Å². The molecule has 0 amide bonds. The predicted octanol–water partition coefficient (Wildman–Crippen LogP) is 2.79. The molecule has 96 valence electrons. The van der Waals surface area contributed by atoms with Gasteiger partial charge in [-0.2, -0.15) is 0 Å². The molecule has 0 spiro atoms. The largest absolute Gasteiger partial charge is 0.494 e. The van der Waals surface area contributed by atoms with Crippen LogP contribution < -0.4 is 10.1 Å². The second-order valence-electron chi connectivity index (χ2n) is 3.88. The van der Waals surface area contributed by atoms with Crippen molar-refractivity contribution in [1.82, 2.24) is 10.3 Å². The molecule has 3 nitrogen and oxygen atoms in total. The third-order valence-electron chi connectivity index (χ3n) is 2.83. The van der Waals surface area contributed by atoms with Crippen molar-refractivity contribution in [3.05, 3.63) is 46.2 Å². The Balaban J connectivity index is 2.22. The van der Waals surface area contributed by atoms with Gasteiger partial charge in [0.2, 0.25) is 0 Å². The molecule has 0 aliphatic rings. The Bertz CT molecular complexity index is 502. The van der Waals surface area contributed by atoms with Crippen LogP contribution in [0.15, 0.2) is 29.9 Å². The summed E-state index contributed by atoms with van der Waals surface area (Å²) >= 11 is 1.56. The first-order valence-electron chi connectivity index (χ1n) is 5.63. The van der Waals surface area contributed by atoms with E-state index in [4.69, 9.17) is 4.74 Å². The number of methoxy groups -OCH3 is 1. The highest BCUT2D eigenvalue weighted by molar-refractivity contribution is 7.09.